The number of hydrogen-bond donors (Lipinski definition) is 0. The van der Waals surface area contributed by atoms with Crippen LogP contribution in [0.25, 0.3) is 5.57 Å². The smallest absolute Gasteiger partial charge is 0.0708 e. The second-order valence-corrected chi connectivity index (χ2v) is 4.97. The predicted octanol–water partition coefficient (Wildman–Crippen LogP) is 4.25. The molecule has 1 nitrogen and oxygen atoms in total. The normalized spacial score (nSPS) is 20.8. The molecule has 1 aliphatic carbocycles. The van der Waals surface area contributed by atoms with Crippen LogP contribution in [0, 0.1) is 5.92 Å². The van der Waals surface area contributed by atoms with Gasteiger partial charge in [0.25, 0.3) is 0 Å². The van der Waals surface area contributed by atoms with Gasteiger partial charge >= 0.3 is 0 Å². The highest BCUT2D eigenvalue weighted by atomic mass is 14.9. The molecule has 1 heterocycles. The second kappa shape index (κ2) is 3.97. The third-order valence-corrected chi connectivity index (χ3v) is 3.93. The molecule has 0 atom stereocenters. The minimum Gasteiger partial charge on any atom is -0.252 e. The van der Waals surface area contributed by atoms with E-state index in [0.29, 0.717) is 0 Å². The summed E-state index contributed by atoms with van der Waals surface area (Å²) in [5, 5.41) is 4.84. The number of fused-ring (bicyclic) bond motifs is 1. The lowest BCUT2D eigenvalue weighted by molar-refractivity contribution is 0.395. The Morgan fingerprint density at radius 3 is 2.56 bits per heavy atom. The van der Waals surface area contributed by atoms with E-state index in [1.54, 1.807) is 0 Å². The van der Waals surface area contributed by atoms with Crippen LogP contribution < -0.4 is 5.32 Å². The van der Waals surface area contributed by atoms with Crippen LogP contribution in [0.1, 0.15) is 44.6 Å². The van der Waals surface area contributed by atoms with Gasteiger partial charge in [0, 0.05) is 17.2 Å². The summed E-state index contributed by atoms with van der Waals surface area (Å²) < 4.78 is 0. The molecule has 1 aromatic carbocycles. The van der Waals surface area contributed by atoms with E-state index in [9.17, 15) is 0 Å². The molecule has 0 amide bonds. The summed E-state index contributed by atoms with van der Waals surface area (Å²) in [6, 6.07) is 8.53. The van der Waals surface area contributed by atoms with Crippen LogP contribution in [0.4, 0.5) is 5.69 Å². The van der Waals surface area contributed by atoms with E-state index in [-0.39, 0.29) is 0 Å². The van der Waals surface area contributed by atoms with Crippen molar-refractivity contribution in [1.82, 2.24) is 5.32 Å². The zero-order valence-electron chi connectivity index (χ0n) is 9.87. The van der Waals surface area contributed by atoms with Gasteiger partial charge in [0.2, 0.25) is 0 Å². The Balaban J connectivity index is 1.91. The van der Waals surface area contributed by atoms with Gasteiger partial charge in [-0.1, -0.05) is 37.5 Å². The maximum Gasteiger partial charge on any atom is 0.0708 e. The molecular weight excluding hydrogens is 194 g/mol. The number of allylic oxidation sites excluding steroid dienone is 2. The van der Waals surface area contributed by atoms with Gasteiger partial charge in [0.15, 0.2) is 0 Å². The first-order chi connectivity index (χ1) is 7.86. The molecule has 0 aromatic heterocycles. The van der Waals surface area contributed by atoms with E-state index < -0.39 is 0 Å². The fourth-order valence-corrected chi connectivity index (χ4v) is 3.01. The Bertz CT molecular complexity index is 425. The summed E-state index contributed by atoms with van der Waals surface area (Å²) in [6.45, 7) is 2.24. The van der Waals surface area contributed by atoms with Crippen LogP contribution in [-0.2, 0) is 0 Å². The lowest BCUT2D eigenvalue weighted by Gasteiger charge is -2.22. The minimum absolute atomic E-state index is 0.723. The van der Waals surface area contributed by atoms with E-state index in [1.807, 2.05) is 0 Å². The SMILES string of the molecule is CC1=C(C2CCCCC2)[N]c2ccccc21. The van der Waals surface area contributed by atoms with E-state index in [1.165, 1.54) is 54.6 Å². The summed E-state index contributed by atoms with van der Waals surface area (Å²) in [6.07, 6.45) is 6.85. The molecule has 83 valence electrons. The Labute approximate surface area is 97.6 Å². The molecule has 1 heteroatoms. The largest absolute Gasteiger partial charge is 0.252 e. The third-order valence-electron chi connectivity index (χ3n) is 3.93. The van der Waals surface area contributed by atoms with Gasteiger partial charge < -0.3 is 0 Å². The van der Waals surface area contributed by atoms with Crippen molar-refractivity contribution < 1.29 is 0 Å². The van der Waals surface area contributed by atoms with Crippen LogP contribution in [-0.4, -0.2) is 0 Å². The van der Waals surface area contributed by atoms with Crippen molar-refractivity contribution in [3.8, 4) is 0 Å². The van der Waals surface area contributed by atoms with Crippen molar-refractivity contribution >= 4 is 11.3 Å². The van der Waals surface area contributed by atoms with Crippen molar-refractivity contribution in [2.45, 2.75) is 39.0 Å². The van der Waals surface area contributed by atoms with Gasteiger partial charge in [0.1, 0.15) is 0 Å². The average molecular weight is 212 g/mol. The molecule has 2 aliphatic rings. The lowest BCUT2D eigenvalue weighted by Crippen LogP contribution is -2.13. The molecule has 0 saturated heterocycles. The Hall–Kier alpha value is -1.24. The van der Waals surface area contributed by atoms with Gasteiger partial charge in [-0.25, -0.2) is 0 Å². The number of rotatable bonds is 1. The molecule has 0 unspecified atom stereocenters. The zero-order valence-corrected chi connectivity index (χ0v) is 9.87. The van der Waals surface area contributed by atoms with Crippen LogP contribution in [0.15, 0.2) is 30.0 Å². The molecule has 3 rings (SSSR count). The summed E-state index contributed by atoms with van der Waals surface area (Å²) in [5.41, 5.74) is 5.33. The molecule has 1 aliphatic heterocycles. The van der Waals surface area contributed by atoms with Crippen LogP contribution >= 0.6 is 0 Å². The van der Waals surface area contributed by atoms with Gasteiger partial charge in [-0.05, 0) is 31.4 Å². The Morgan fingerprint density at radius 2 is 1.81 bits per heavy atom. The molecule has 1 fully saturated rings. The van der Waals surface area contributed by atoms with Gasteiger partial charge in [-0.15, -0.1) is 0 Å². The van der Waals surface area contributed by atoms with Crippen molar-refractivity contribution in [2.75, 3.05) is 0 Å². The average Bonchev–Trinajstić information content (AvgIpc) is 2.69. The summed E-state index contributed by atoms with van der Waals surface area (Å²) >= 11 is 0. The second-order valence-electron chi connectivity index (χ2n) is 4.97. The third kappa shape index (κ3) is 1.55. The standard InChI is InChI=1S/C15H18N/c1-11-13-9-5-6-10-14(13)16-15(11)12-7-3-2-4-8-12/h5-6,9-10,12H,2-4,7-8H2,1H3. The first kappa shape index (κ1) is 9.95. The molecule has 1 saturated carbocycles. The molecule has 1 radical (unpaired) electrons. The summed E-state index contributed by atoms with van der Waals surface area (Å²) in [4.78, 5) is 0. The lowest BCUT2D eigenvalue weighted by atomic mass is 9.85. The Morgan fingerprint density at radius 1 is 1.06 bits per heavy atom. The molecule has 0 spiro atoms. The highest BCUT2D eigenvalue weighted by Crippen LogP contribution is 2.41. The molecule has 0 bridgehead atoms. The Kier molecular flexibility index (Phi) is 2.47. The van der Waals surface area contributed by atoms with E-state index >= 15 is 0 Å². The zero-order chi connectivity index (χ0) is 11.0. The number of hydrogen-bond acceptors (Lipinski definition) is 0. The predicted molar refractivity (Wildman–Crippen MR) is 67.4 cm³/mol. The van der Waals surface area contributed by atoms with E-state index in [0.717, 1.165) is 5.92 Å². The minimum atomic E-state index is 0.723. The van der Waals surface area contributed by atoms with Gasteiger partial charge in [-0.3, -0.25) is 5.32 Å². The number of para-hydroxylation sites is 1. The number of nitrogens with zero attached hydrogens (tertiary/aromatic N) is 1. The maximum absolute atomic E-state index is 4.84. The van der Waals surface area contributed by atoms with Crippen molar-refractivity contribution in [3.63, 3.8) is 0 Å². The quantitative estimate of drug-likeness (QED) is 0.661. The monoisotopic (exact) mass is 212 g/mol. The van der Waals surface area contributed by atoms with Crippen LogP contribution in [0.3, 0.4) is 0 Å². The van der Waals surface area contributed by atoms with Crippen molar-refractivity contribution in [3.05, 3.63) is 35.5 Å². The van der Waals surface area contributed by atoms with Crippen molar-refractivity contribution in [2.24, 2.45) is 5.92 Å². The fraction of sp³-hybridized carbons (Fsp3) is 0.467. The maximum atomic E-state index is 4.84. The van der Waals surface area contributed by atoms with Gasteiger partial charge in [-0.2, -0.15) is 0 Å². The molecular formula is C15H18N. The number of benzene rings is 1. The van der Waals surface area contributed by atoms with Crippen molar-refractivity contribution in [1.29, 1.82) is 0 Å². The fourth-order valence-electron chi connectivity index (χ4n) is 3.01. The first-order valence-corrected chi connectivity index (χ1v) is 6.38. The van der Waals surface area contributed by atoms with Crippen LogP contribution in [0.2, 0.25) is 0 Å². The van der Waals surface area contributed by atoms with Crippen LogP contribution in [0.5, 0.6) is 0 Å². The first-order valence-electron chi connectivity index (χ1n) is 6.38. The summed E-state index contributed by atoms with van der Waals surface area (Å²) in [5.74, 6) is 0.723. The molecule has 0 N–H and O–H groups in total. The topological polar surface area (TPSA) is 14.1 Å². The molecule has 1 aromatic rings. The molecule has 16 heavy (non-hydrogen) atoms. The van der Waals surface area contributed by atoms with E-state index in [4.69, 9.17) is 5.32 Å². The summed E-state index contributed by atoms with van der Waals surface area (Å²) in [7, 11) is 0. The van der Waals surface area contributed by atoms with Gasteiger partial charge in [0.05, 0.1) is 5.69 Å². The highest BCUT2D eigenvalue weighted by molar-refractivity contribution is 5.81. The van der Waals surface area contributed by atoms with E-state index in [2.05, 4.69) is 31.2 Å². The highest BCUT2D eigenvalue weighted by Gasteiger charge is 2.26.